The van der Waals surface area contributed by atoms with Crippen molar-refractivity contribution in [2.45, 2.75) is 18.4 Å². The SMILES string of the molecule is NCC(N)c1ccc(Cl)cn1.O=C(O)C(F)(F)F.O=C(O)C(F)(F)F. The summed E-state index contributed by atoms with van der Waals surface area (Å²) in [7, 11) is 0. The Morgan fingerprint density at radius 2 is 1.44 bits per heavy atom. The number of carboxylic acid groups (broad SMARTS) is 2. The number of pyridine rings is 1. The van der Waals surface area contributed by atoms with E-state index in [1.807, 2.05) is 0 Å². The third-order valence-electron chi connectivity index (χ3n) is 1.87. The Hall–Kier alpha value is -2.12. The Balaban J connectivity index is 0. The molecule has 1 heterocycles. The summed E-state index contributed by atoms with van der Waals surface area (Å²) < 4.78 is 63.5. The molecular weight excluding hydrogens is 388 g/mol. The third kappa shape index (κ3) is 12.9. The van der Waals surface area contributed by atoms with Gasteiger partial charge in [-0.05, 0) is 12.1 Å². The van der Waals surface area contributed by atoms with Crippen molar-refractivity contribution in [1.29, 1.82) is 0 Å². The van der Waals surface area contributed by atoms with Crippen LogP contribution in [0, 0.1) is 0 Å². The number of halogens is 7. The molecule has 0 radical (unpaired) electrons. The maximum Gasteiger partial charge on any atom is 0.490 e. The highest BCUT2D eigenvalue weighted by molar-refractivity contribution is 6.30. The van der Waals surface area contributed by atoms with Gasteiger partial charge in [-0.25, -0.2) is 9.59 Å². The van der Waals surface area contributed by atoms with E-state index >= 15 is 0 Å². The second kappa shape index (κ2) is 10.7. The van der Waals surface area contributed by atoms with Crippen molar-refractivity contribution in [2.75, 3.05) is 6.54 Å². The fraction of sp³-hybridized carbons (Fsp3) is 0.364. The van der Waals surface area contributed by atoms with Crippen molar-refractivity contribution in [3.63, 3.8) is 0 Å². The van der Waals surface area contributed by atoms with Gasteiger partial charge in [0.05, 0.1) is 16.8 Å². The van der Waals surface area contributed by atoms with Gasteiger partial charge >= 0.3 is 24.3 Å². The van der Waals surface area contributed by atoms with Crippen LogP contribution in [0.5, 0.6) is 0 Å². The third-order valence-corrected chi connectivity index (χ3v) is 2.09. The molecule has 7 nitrogen and oxygen atoms in total. The van der Waals surface area contributed by atoms with Gasteiger partial charge in [0.1, 0.15) is 0 Å². The molecule has 1 atom stereocenters. The van der Waals surface area contributed by atoms with E-state index in [1.54, 1.807) is 18.3 Å². The Morgan fingerprint density at radius 1 is 1.08 bits per heavy atom. The molecule has 14 heteroatoms. The fourth-order valence-electron chi connectivity index (χ4n) is 0.727. The van der Waals surface area contributed by atoms with Crippen molar-refractivity contribution in [2.24, 2.45) is 11.5 Å². The van der Waals surface area contributed by atoms with Crippen molar-refractivity contribution in [3.8, 4) is 0 Å². The van der Waals surface area contributed by atoms with Crippen LogP contribution in [0.4, 0.5) is 26.3 Å². The summed E-state index contributed by atoms with van der Waals surface area (Å²) in [6, 6.07) is 3.34. The van der Waals surface area contributed by atoms with E-state index in [-0.39, 0.29) is 6.04 Å². The molecule has 0 fully saturated rings. The molecule has 0 bridgehead atoms. The Labute approximate surface area is 141 Å². The molecule has 1 unspecified atom stereocenters. The van der Waals surface area contributed by atoms with E-state index in [0.717, 1.165) is 5.69 Å². The van der Waals surface area contributed by atoms with Gasteiger partial charge in [-0.2, -0.15) is 26.3 Å². The number of alkyl halides is 6. The lowest BCUT2D eigenvalue weighted by atomic mass is 10.2. The number of aromatic nitrogens is 1. The van der Waals surface area contributed by atoms with Gasteiger partial charge < -0.3 is 21.7 Å². The van der Waals surface area contributed by atoms with Crippen LogP contribution in [0.25, 0.3) is 0 Å². The van der Waals surface area contributed by atoms with E-state index in [9.17, 15) is 26.3 Å². The number of carboxylic acids is 2. The summed E-state index contributed by atoms with van der Waals surface area (Å²) in [5.41, 5.74) is 11.7. The highest BCUT2D eigenvalue weighted by Gasteiger charge is 2.38. The molecule has 0 spiro atoms. The molecule has 25 heavy (non-hydrogen) atoms. The van der Waals surface area contributed by atoms with Crippen LogP contribution in [0.1, 0.15) is 11.7 Å². The van der Waals surface area contributed by atoms with E-state index < -0.39 is 24.3 Å². The van der Waals surface area contributed by atoms with Gasteiger partial charge in [0.25, 0.3) is 0 Å². The van der Waals surface area contributed by atoms with E-state index in [1.165, 1.54) is 0 Å². The average Bonchev–Trinajstić information content (AvgIpc) is 2.46. The number of hydrogen-bond acceptors (Lipinski definition) is 5. The van der Waals surface area contributed by atoms with E-state index in [4.69, 9.17) is 42.9 Å². The lowest BCUT2D eigenvalue weighted by molar-refractivity contribution is -0.193. The van der Waals surface area contributed by atoms with E-state index in [0.29, 0.717) is 11.6 Å². The van der Waals surface area contributed by atoms with Crippen molar-refractivity contribution >= 4 is 23.5 Å². The molecule has 0 aromatic carbocycles. The van der Waals surface area contributed by atoms with Crippen LogP contribution in [0.3, 0.4) is 0 Å². The minimum atomic E-state index is -5.08. The Kier molecular flexibility index (Phi) is 10.7. The summed E-state index contributed by atoms with van der Waals surface area (Å²) in [5.74, 6) is -5.51. The van der Waals surface area contributed by atoms with Gasteiger partial charge in [-0.1, -0.05) is 11.6 Å². The highest BCUT2D eigenvalue weighted by atomic mass is 35.5. The van der Waals surface area contributed by atoms with Crippen LogP contribution < -0.4 is 11.5 Å². The number of hydrogen-bond donors (Lipinski definition) is 4. The summed E-state index contributed by atoms with van der Waals surface area (Å²) in [5, 5.41) is 14.9. The maximum absolute atomic E-state index is 10.6. The van der Waals surface area contributed by atoms with Gasteiger partial charge in [-0.3, -0.25) is 4.98 Å². The topological polar surface area (TPSA) is 140 Å². The minimum absolute atomic E-state index is 0.188. The fourth-order valence-corrected chi connectivity index (χ4v) is 0.839. The zero-order chi connectivity index (χ0) is 20.4. The molecule has 1 aromatic heterocycles. The smallest absolute Gasteiger partial charge is 0.475 e. The minimum Gasteiger partial charge on any atom is -0.475 e. The first-order valence-electron chi connectivity index (χ1n) is 5.80. The first-order valence-corrected chi connectivity index (χ1v) is 6.18. The summed E-state index contributed by atoms with van der Waals surface area (Å²) in [6.07, 6.45) is -8.60. The zero-order valence-corrected chi connectivity index (χ0v) is 12.7. The number of carbonyl (C=O) groups is 2. The van der Waals surface area contributed by atoms with Gasteiger partial charge in [0.15, 0.2) is 0 Å². The summed E-state index contributed by atoms with van der Waals surface area (Å²) in [4.78, 5) is 21.8. The van der Waals surface area contributed by atoms with Crippen LogP contribution in [-0.4, -0.2) is 46.0 Å². The lowest BCUT2D eigenvalue weighted by Crippen LogP contribution is -2.21. The molecule has 0 saturated carbocycles. The standard InChI is InChI=1S/C7H10ClN3.2C2HF3O2/c8-5-1-2-7(11-4-5)6(10)3-9;2*3-2(4,5)1(6)7/h1-2,4,6H,3,9-10H2;2*(H,6,7). The molecule has 6 N–H and O–H groups in total. The molecule has 144 valence electrons. The first-order chi connectivity index (χ1) is 11.1. The number of aliphatic carboxylic acids is 2. The second-order valence-corrected chi connectivity index (χ2v) is 4.29. The van der Waals surface area contributed by atoms with Crippen LogP contribution >= 0.6 is 11.6 Å². The van der Waals surface area contributed by atoms with Crippen molar-refractivity contribution in [1.82, 2.24) is 4.98 Å². The predicted molar refractivity (Wildman–Crippen MR) is 72.6 cm³/mol. The molecule has 0 amide bonds. The van der Waals surface area contributed by atoms with Crippen LogP contribution in [0.2, 0.25) is 5.02 Å². The largest absolute Gasteiger partial charge is 0.490 e. The maximum atomic E-state index is 10.6. The molecular formula is C11H12ClF6N3O4. The molecule has 1 aromatic rings. The van der Waals surface area contributed by atoms with Gasteiger partial charge in [0, 0.05) is 12.7 Å². The normalized spacial score (nSPS) is 12.0. The number of nitrogens with two attached hydrogens (primary N) is 2. The number of nitrogens with zero attached hydrogens (tertiary/aromatic N) is 1. The highest BCUT2D eigenvalue weighted by Crippen LogP contribution is 2.13. The molecule has 0 aliphatic rings. The van der Waals surface area contributed by atoms with Crippen molar-refractivity contribution < 1.29 is 46.1 Å². The van der Waals surface area contributed by atoms with Crippen LogP contribution in [-0.2, 0) is 9.59 Å². The van der Waals surface area contributed by atoms with Gasteiger partial charge in [-0.15, -0.1) is 0 Å². The Bertz CT molecular complexity index is 526. The quantitative estimate of drug-likeness (QED) is 0.557. The zero-order valence-electron chi connectivity index (χ0n) is 12.0. The van der Waals surface area contributed by atoms with Crippen LogP contribution in [0.15, 0.2) is 18.3 Å². The lowest BCUT2D eigenvalue weighted by Gasteiger charge is -2.06. The number of rotatable bonds is 2. The Morgan fingerprint density at radius 3 is 1.64 bits per heavy atom. The van der Waals surface area contributed by atoms with E-state index in [2.05, 4.69) is 4.98 Å². The molecule has 0 aliphatic heterocycles. The second-order valence-electron chi connectivity index (χ2n) is 3.85. The average molecular weight is 400 g/mol. The predicted octanol–water partition coefficient (Wildman–Crippen LogP) is 1.96. The summed E-state index contributed by atoms with van der Waals surface area (Å²) >= 11 is 5.62. The molecule has 1 rings (SSSR count). The monoisotopic (exact) mass is 399 g/mol. The van der Waals surface area contributed by atoms with Gasteiger partial charge in [0.2, 0.25) is 0 Å². The first kappa shape index (κ1) is 25.1. The summed E-state index contributed by atoms with van der Waals surface area (Å²) in [6.45, 7) is 0.397. The van der Waals surface area contributed by atoms with Crippen molar-refractivity contribution in [3.05, 3.63) is 29.0 Å². The molecule has 0 aliphatic carbocycles. The molecule has 0 saturated heterocycles.